The maximum absolute atomic E-state index is 13.9. The van der Waals surface area contributed by atoms with Crippen molar-refractivity contribution in [2.75, 3.05) is 0 Å². The van der Waals surface area contributed by atoms with Crippen molar-refractivity contribution in [2.45, 2.75) is 103 Å². The normalized spacial score (nSPS) is 17.6. The molecule has 0 heterocycles. The van der Waals surface area contributed by atoms with Gasteiger partial charge in [-0.05, 0) is 6.92 Å². The molecule has 0 aromatic carbocycles. The summed E-state index contributed by atoms with van der Waals surface area (Å²) in [5.41, 5.74) is 0. The second kappa shape index (κ2) is 12.3. The van der Waals surface area contributed by atoms with E-state index >= 15 is 0 Å². The van der Waals surface area contributed by atoms with Crippen molar-refractivity contribution in [1.29, 1.82) is 0 Å². The molecule has 0 radical (unpaired) electrons. The van der Waals surface area contributed by atoms with Crippen LogP contribution in [0.1, 0.15) is 13.3 Å². The Morgan fingerprint density at radius 1 is 0.392 bits per heavy atom. The zero-order chi connectivity index (χ0) is 42.5. The van der Waals surface area contributed by atoms with E-state index < -0.39 is 104 Å². The minimum atomic E-state index is -10.0. The van der Waals surface area contributed by atoms with Crippen LogP contribution in [0.3, 0.4) is 0 Å². The van der Waals surface area contributed by atoms with Gasteiger partial charge in [0.15, 0.2) is 0 Å². The highest BCUT2D eigenvalue weighted by atomic mass is 31.2. The Hall–Kier alpha value is -1.92. The first-order chi connectivity index (χ1) is 21.4. The molecule has 0 saturated carbocycles. The van der Waals surface area contributed by atoms with Crippen LogP contribution in [0.25, 0.3) is 0 Å². The Labute approximate surface area is 258 Å². The van der Waals surface area contributed by atoms with Crippen LogP contribution in [-0.4, -0.2) is 99.1 Å². The third-order valence-corrected chi connectivity index (χ3v) is 6.65. The van der Waals surface area contributed by atoms with Crippen LogP contribution in [-0.2, 0) is 9.09 Å². The number of hydrogen-bond acceptors (Lipinski definition) is 2. The molecular weight excluding hydrogens is 850 g/mol. The predicted molar refractivity (Wildman–Crippen MR) is 97.6 cm³/mol. The number of hydrogen-bond donors (Lipinski definition) is 2. The van der Waals surface area contributed by atoms with Gasteiger partial charge in [-0.2, -0.15) is 127 Å². The van der Waals surface area contributed by atoms with Gasteiger partial charge in [0.05, 0.1) is 6.10 Å². The number of phosphoric ester groups is 1. The molecule has 51 heavy (non-hydrogen) atoms. The summed E-state index contributed by atoms with van der Waals surface area (Å²) < 4.78 is 404. The second-order valence-electron chi connectivity index (χ2n) is 9.71. The molecule has 1 unspecified atom stereocenters. The van der Waals surface area contributed by atoms with Crippen molar-refractivity contribution in [1.82, 2.24) is 0 Å². The van der Waals surface area contributed by atoms with Crippen LogP contribution in [0.5, 0.6) is 0 Å². The van der Waals surface area contributed by atoms with E-state index in [1.165, 1.54) is 0 Å². The monoisotopic (exact) mass is 858 g/mol. The predicted octanol–water partition coefficient (Wildman–Crippen LogP) is 9.70. The van der Waals surface area contributed by atoms with E-state index in [1.54, 1.807) is 0 Å². The summed E-state index contributed by atoms with van der Waals surface area (Å²) in [6.45, 7) is -0.246. The first-order valence-electron chi connectivity index (χ1n) is 11.1. The minimum Gasteiger partial charge on any atom is -0.303 e. The molecule has 0 aliphatic carbocycles. The van der Waals surface area contributed by atoms with E-state index in [0.717, 1.165) is 0 Å². The lowest BCUT2D eigenvalue weighted by molar-refractivity contribution is -0.487. The first-order valence-corrected chi connectivity index (χ1v) is 12.6. The standard InChI is InChI=1S/C17H8F29O4P/c1-3(50-51(47,48)49)2-4(18,19)5(20,21)6(22,23)7(24,25)8(26,27)9(28,29)10(30,31)11(32,33)12(34,35)13(36,37)14(38,39)15(40,41)16(42,43)17(44,45)46/h3H,2H2,1H3,(H2,47,48,49). The fourth-order valence-corrected chi connectivity index (χ4v) is 3.68. The van der Waals surface area contributed by atoms with E-state index in [-0.39, 0.29) is 6.92 Å². The average Bonchev–Trinajstić information content (AvgIpc) is 2.84. The molecule has 0 aliphatic rings. The fourth-order valence-electron chi connectivity index (χ4n) is 3.14. The molecule has 0 rings (SSSR count). The molecule has 0 aromatic heterocycles. The number of alkyl halides is 29. The Bertz CT molecular complexity index is 1310. The fraction of sp³-hybridized carbons (Fsp3) is 1.00. The lowest BCUT2D eigenvalue weighted by Crippen LogP contribution is -2.79. The summed E-state index contributed by atoms with van der Waals surface area (Å²) in [6, 6.07) is 0. The molecule has 34 heteroatoms. The van der Waals surface area contributed by atoms with Crippen LogP contribution >= 0.6 is 7.82 Å². The van der Waals surface area contributed by atoms with Crippen LogP contribution in [0, 0.1) is 0 Å². The van der Waals surface area contributed by atoms with Gasteiger partial charge in [-0.25, -0.2) is 4.57 Å². The zero-order valence-electron chi connectivity index (χ0n) is 22.4. The molecule has 308 valence electrons. The lowest BCUT2D eigenvalue weighted by Gasteiger charge is -2.46. The lowest BCUT2D eigenvalue weighted by atomic mass is 9.83. The van der Waals surface area contributed by atoms with Gasteiger partial charge in [-0.1, -0.05) is 0 Å². The zero-order valence-corrected chi connectivity index (χ0v) is 23.3. The van der Waals surface area contributed by atoms with Crippen molar-refractivity contribution in [3.63, 3.8) is 0 Å². The van der Waals surface area contributed by atoms with Gasteiger partial charge in [0.25, 0.3) is 0 Å². The molecular formula is C17H8F29O4P. The van der Waals surface area contributed by atoms with Crippen LogP contribution in [0.4, 0.5) is 127 Å². The van der Waals surface area contributed by atoms with Crippen molar-refractivity contribution in [3.8, 4) is 0 Å². The molecule has 0 saturated heterocycles. The summed E-state index contributed by atoms with van der Waals surface area (Å²) in [6.07, 6.45) is -15.1. The van der Waals surface area contributed by atoms with E-state index in [1.807, 2.05) is 0 Å². The van der Waals surface area contributed by atoms with Crippen LogP contribution < -0.4 is 0 Å². The Kier molecular flexibility index (Phi) is 11.8. The first kappa shape index (κ1) is 49.1. The van der Waals surface area contributed by atoms with Gasteiger partial charge >= 0.3 is 91.0 Å². The highest BCUT2D eigenvalue weighted by Crippen LogP contribution is 2.69. The third-order valence-electron chi connectivity index (χ3n) is 6.01. The molecule has 4 nitrogen and oxygen atoms in total. The van der Waals surface area contributed by atoms with Crippen molar-refractivity contribution in [3.05, 3.63) is 0 Å². The van der Waals surface area contributed by atoms with Crippen molar-refractivity contribution < 1.29 is 146 Å². The van der Waals surface area contributed by atoms with Gasteiger partial charge in [-0.3, -0.25) is 4.52 Å². The Morgan fingerprint density at radius 3 is 0.745 bits per heavy atom. The second-order valence-corrected chi connectivity index (χ2v) is 10.9. The average molecular weight is 858 g/mol. The van der Waals surface area contributed by atoms with Gasteiger partial charge in [-0.15, -0.1) is 0 Å². The molecule has 0 aliphatic heterocycles. The summed E-state index contributed by atoms with van der Waals surface area (Å²) >= 11 is 0. The maximum atomic E-state index is 13.9. The maximum Gasteiger partial charge on any atom is 0.469 e. The number of phosphoric acid groups is 1. The Balaban J connectivity index is 7.47. The van der Waals surface area contributed by atoms with Crippen LogP contribution in [0.2, 0.25) is 0 Å². The number of halogens is 29. The summed E-state index contributed by atoms with van der Waals surface area (Å²) in [7, 11) is -6.16. The molecule has 0 fully saturated rings. The molecule has 2 N–H and O–H groups in total. The van der Waals surface area contributed by atoms with Crippen LogP contribution in [0.15, 0.2) is 0 Å². The quantitative estimate of drug-likeness (QED) is 0.120. The molecule has 0 aromatic rings. The van der Waals surface area contributed by atoms with Gasteiger partial charge in [0.1, 0.15) is 0 Å². The summed E-state index contributed by atoms with van der Waals surface area (Å²) in [5.74, 6) is -122. The van der Waals surface area contributed by atoms with E-state index in [0.29, 0.717) is 0 Å². The Morgan fingerprint density at radius 2 is 0.569 bits per heavy atom. The van der Waals surface area contributed by atoms with Gasteiger partial charge in [0, 0.05) is 6.42 Å². The highest BCUT2D eigenvalue weighted by molar-refractivity contribution is 7.46. The molecule has 1 atom stereocenters. The topological polar surface area (TPSA) is 66.8 Å². The van der Waals surface area contributed by atoms with Gasteiger partial charge in [0.2, 0.25) is 0 Å². The van der Waals surface area contributed by atoms with E-state index in [4.69, 9.17) is 9.79 Å². The largest absolute Gasteiger partial charge is 0.469 e. The summed E-state index contributed by atoms with van der Waals surface area (Å²) in [4.78, 5) is 16.6. The van der Waals surface area contributed by atoms with E-state index in [9.17, 15) is 132 Å². The smallest absolute Gasteiger partial charge is 0.303 e. The summed E-state index contributed by atoms with van der Waals surface area (Å²) in [5, 5.41) is 0. The molecule has 0 spiro atoms. The molecule has 0 bridgehead atoms. The number of rotatable bonds is 16. The van der Waals surface area contributed by atoms with Crippen molar-refractivity contribution in [2.24, 2.45) is 0 Å². The minimum absolute atomic E-state index is 0.246. The van der Waals surface area contributed by atoms with Gasteiger partial charge < -0.3 is 9.79 Å². The highest BCUT2D eigenvalue weighted by Gasteiger charge is 3.00. The SMILES string of the molecule is CC(CC(F)(F)C(F)(F)C(F)(F)C(F)(F)C(F)(F)C(F)(F)C(F)(F)C(F)(F)C(F)(F)C(F)(F)C(F)(F)C(F)(F)C(F)(F)C(F)(F)F)OP(=O)(O)O. The van der Waals surface area contributed by atoms with E-state index in [2.05, 4.69) is 4.52 Å². The van der Waals surface area contributed by atoms with Crippen molar-refractivity contribution >= 4 is 7.82 Å². The third kappa shape index (κ3) is 6.53. The molecule has 0 amide bonds.